The molecule has 0 unspecified atom stereocenters. The van der Waals surface area contributed by atoms with Crippen molar-refractivity contribution in [2.75, 3.05) is 10.6 Å². The molecule has 0 aliphatic heterocycles. The molecule has 2 amide bonds. The molecule has 1 aliphatic carbocycles. The number of benzene rings is 1. The highest BCUT2D eigenvalue weighted by Crippen LogP contribution is 2.30. The number of aromatic nitrogens is 2. The first kappa shape index (κ1) is 19.3. The average molecular weight is 410 g/mol. The number of hydrogen-bond acceptors (Lipinski definition) is 5. The SMILES string of the molecule is Cc1sc2ncn(CCC(=O)Nc3ccc(NC(=O)C4CC4)cc3)c(=O)c2c1C. The van der Waals surface area contributed by atoms with Gasteiger partial charge in [0.05, 0.1) is 11.7 Å². The minimum absolute atomic E-state index is 0.0499. The fourth-order valence-electron chi connectivity index (χ4n) is 3.10. The van der Waals surface area contributed by atoms with Gasteiger partial charge >= 0.3 is 0 Å². The summed E-state index contributed by atoms with van der Waals surface area (Å²) in [5.41, 5.74) is 2.20. The van der Waals surface area contributed by atoms with Crippen molar-refractivity contribution >= 4 is 44.7 Å². The van der Waals surface area contributed by atoms with Crippen LogP contribution in [0.4, 0.5) is 11.4 Å². The molecule has 0 saturated heterocycles. The van der Waals surface area contributed by atoms with E-state index in [0.717, 1.165) is 28.1 Å². The first-order valence-electron chi connectivity index (χ1n) is 9.58. The van der Waals surface area contributed by atoms with E-state index in [0.29, 0.717) is 16.8 Å². The van der Waals surface area contributed by atoms with Crippen LogP contribution < -0.4 is 16.2 Å². The minimum Gasteiger partial charge on any atom is -0.326 e. The first-order valence-corrected chi connectivity index (χ1v) is 10.4. The van der Waals surface area contributed by atoms with E-state index < -0.39 is 0 Å². The van der Waals surface area contributed by atoms with Crippen molar-refractivity contribution in [3.05, 3.63) is 51.4 Å². The highest BCUT2D eigenvalue weighted by molar-refractivity contribution is 7.18. The summed E-state index contributed by atoms with van der Waals surface area (Å²) in [5, 5.41) is 6.32. The van der Waals surface area contributed by atoms with E-state index >= 15 is 0 Å². The Labute approximate surface area is 171 Å². The normalized spacial score (nSPS) is 13.4. The lowest BCUT2D eigenvalue weighted by Crippen LogP contribution is -2.23. The molecular weight excluding hydrogens is 388 g/mol. The summed E-state index contributed by atoms with van der Waals surface area (Å²) in [6, 6.07) is 7.02. The van der Waals surface area contributed by atoms with Crippen LogP contribution >= 0.6 is 11.3 Å². The number of rotatable bonds is 6. The Hall–Kier alpha value is -3.00. The highest BCUT2D eigenvalue weighted by Gasteiger charge is 2.29. The first-order chi connectivity index (χ1) is 13.9. The standard InChI is InChI=1S/C21H22N4O3S/c1-12-13(2)29-20-18(12)21(28)25(11-22-20)10-9-17(26)23-15-5-7-16(8-6-15)24-19(27)14-3-4-14/h5-8,11,14H,3-4,9-10H2,1-2H3,(H,23,26)(H,24,27). The maximum atomic E-state index is 12.7. The van der Waals surface area contributed by atoms with Gasteiger partial charge in [0.15, 0.2) is 0 Å². The maximum absolute atomic E-state index is 12.7. The summed E-state index contributed by atoms with van der Waals surface area (Å²) in [4.78, 5) is 42.9. The molecule has 0 spiro atoms. The van der Waals surface area contributed by atoms with Gasteiger partial charge in [0, 0.05) is 35.1 Å². The quantitative estimate of drug-likeness (QED) is 0.651. The van der Waals surface area contributed by atoms with Gasteiger partial charge in [-0.15, -0.1) is 11.3 Å². The number of nitrogens with one attached hydrogen (secondary N) is 2. The Morgan fingerprint density at radius 2 is 1.79 bits per heavy atom. The molecule has 2 heterocycles. The molecule has 0 bridgehead atoms. The Kier molecular flexibility index (Phi) is 5.19. The number of aryl methyl sites for hydroxylation is 3. The molecule has 150 valence electrons. The van der Waals surface area contributed by atoms with Crippen molar-refractivity contribution < 1.29 is 9.59 Å². The second-order valence-corrected chi connectivity index (χ2v) is 8.55. The molecule has 1 fully saturated rings. The summed E-state index contributed by atoms with van der Waals surface area (Å²) in [7, 11) is 0. The van der Waals surface area contributed by atoms with Crippen LogP contribution in [0.25, 0.3) is 10.2 Å². The Bertz CT molecular complexity index is 1140. The summed E-state index contributed by atoms with van der Waals surface area (Å²) in [5.74, 6) is 0.00659. The zero-order chi connectivity index (χ0) is 20.5. The predicted molar refractivity (Wildman–Crippen MR) is 114 cm³/mol. The molecule has 4 rings (SSSR count). The van der Waals surface area contributed by atoms with Crippen LogP contribution in [0.5, 0.6) is 0 Å². The molecular formula is C21H22N4O3S. The van der Waals surface area contributed by atoms with Crippen LogP contribution in [-0.4, -0.2) is 21.4 Å². The van der Waals surface area contributed by atoms with E-state index in [9.17, 15) is 14.4 Å². The van der Waals surface area contributed by atoms with Gasteiger partial charge in [0.1, 0.15) is 4.83 Å². The zero-order valence-electron chi connectivity index (χ0n) is 16.3. The summed E-state index contributed by atoms with van der Waals surface area (Å²) in [6.45, 7) is 4.16. The van der Waals surface area contributed by atoms with Crippen molar-refractivity contribution in [3.8, 4) is 0 Å². The fraction of sp³-hybridized carbons (Fsp3) is 0.333. The van der Waals surface area contributed by atoms with E-state index in [-0.39, 0.29) is 36.3 Å². The van der Waals surface area contributed by atoms with Gasteiger partial charge in [0.2, 0.25) is 11.8 Å². The van der Waals surface area contributed by atoms with Crippen molar-refractivity contribution in [2.45, 2.75) is 39.7 Å². The monoisotopic (exact) mass is 410 g/mol. The molecule has 0 atom stereocenters. The van der Waals surface area contributed by atoms with E-state index in [1.54, 1.807) is 24.3 Å². The number of carbonyl (C=O) groups is 2. The van der Waals surface area contributed by atoms with E-state index in [4.69, 9.17) is 0 Å². The lowest BCUT2D eigenvalue weighted by molar-refractivity contribution is -0.117. The lowest BCUT2D eigenvalue weighted by Gasteiger charge is -2.09. The highest BCUT2D eigenvalue weighted by atomic mass is 32.1. The topological polar surface area (TPSA) is 93.1 Å². The molecule has 29 heavy (non-hydrogen) atoms. The number of fused-ring (bicyclic) bond motifs is 1. The van der Waals surface area contributed by atoms with Gasteiger partial charge in [-0.3, -0.25) is 19.0 Å². The Morgan fingerprint density at radius 1 is 1.14 bits per heavy atom. The zero-order valence-corrected chi connectivity index (χ0v) is 17.1. The largest absolute Gasteiger partial charge is 0.326 e. The molecule has 3 aromatic rings. The number of hydrogen-bond donors (Lipinski definition) is 2. The number of carbonyl (C=O) groups excluding carboxylic acids is 2. The van der Waals surface area contributed by atoms with Crippen LogP contribution in [0.1, 0.15) is 29.7 Å². The third kappa shape index (κ3) is 4.22. The maximum Gasteiger partial charge on any atom is 0.262 e. The van der Waals surface area contributed by atoms with Gasteiger partial charge in [-0.25, -0.2) is 4.98 Å². The van der Waals surface area contributed by atoms with Crippen LogP contribution in [0.2, 0.25) is 0 Å². The fourth-order valence-corrected chi connectivity index (χ4v) is 4.09. The molecule has 1 aromatic carbocycles. The van der Waals surface area contributed by atoms with Gasteiger partial charge in [-0.1, -0.05) is 0 Å². The van der Waals surface area contributed by atoms with Crippen molar-refractivity contribution in [3.63, 3.8) is 0 Å². The molecule has 8 heteroatoms. The molecule has 7 nitrogen and oxygen atoms in total. The predicted octanol–water partition coefficient (Wildman–Crippen LogP) is 3.45. The molecule has 2 N–H and O–H groups in total. The third-order valence-electron chi connectivity index (χ3n) is 5.12. The van der Waals surface area contributed by atoms with E-state index in [1.807, 2.05) is 13.8 Å². The smallest absolute Gasteiger partial charge is 0.262 e. The van der Waals surface area contributed by atoms with E-state index in [2.05, 4.69) is 15.6 Å². The minimum atomic E-state index is -0.190. The number of thiophene rings is 1. The van der Waals surface area contributed by atoms with Gasteiger partial charge in [-0.2, -0.15) is 0 Å². The van der Waals surface area contributed by atoms with Gasteiger partial charge in [-0.05, 0) is 56.5 Å². The summed E-state index contributed by atoms with van der Waals surface area (Å²) in [6.07, 6.45) is 3.58. The summed E-state index contributed by atoms with van der Waals surface area (Å²) >= 11 is 1.51. The Balaban J connectivity index is 1.36. The molecule has 1 saturated carbocycles. The average Bonchev–Trinajstić information content (AvgIpc) is 3.50. The molecule has 1 aliphatic rings. The van der Waals surface area contributed by atoms with Crippen molar-refractivity contribution in [1.82, 2.24) is 9.55 Å². The third-order valence-corrected chi connectivity index (χ3v) is 6.24. The van der Waals surface area contributed by atoms with Crippen molar-refractivity contribution in [2.24, 2.45) is 5.92 Å². The van der Waals surface area contributed by atoms with Crippen molar-refractivity contribution in [1.29, 1.82) is 0 Å². The lowest BCUT2D eigenvalue weighted by atomic mass is 10.2. The summed E-state index contributed by atoms with van der Waals surface area (Å²) < 4.78 is 1.48. The van der Waals surface area contributed by atoms with Crippen LogP contribution in [0.15, 0.2) is 35.4 Å². The van der Waals surface area contributed by atoms with Gasteiger partial charge in [0.25, 0.3) is 5.56 Å². The number of anilines is 2. The molecule has 0 radical (unpaired) electrons. The second kappa shape index (κ2) is 7.79. The van der Waals surface area contributed by atoms with Gasteiger partial charge < -0.3 is 10.6 Å². The Morgan fingerprint density at radius 3 is 2.45 bits per heavy atom. The number of amides is 2. The van der Waals surface area contributed by atoms with E-state index in [1.165, 1.54) is 22.2 Å². The second-order valence-electron chi connectivity index (χ2n) is 7.35. The number of nitrogens with zero attached hydrogens (tertiary/aromatic N) is 2. The van der Waals surface area contributed by atoms with Crippen LogP contribution in [-0.2, 0) is 16.1 Å². The van der Waals surface area contributed by atoms with Crippen LogP contribution in [0, 0.1) is 19.8 Å². The molecule has 2 aromatic heterocycles. The van der Waals surface area contributed by atoms with Crippen LogP contribution in [0.3, 0.4) is 0 Å².